The van der Waals surface area contributed by atoms with E-state index in [0.29, 0.717) is 36.0 Å². The van der Waals surface area contributed by atoms with Crippen LogP contribution in [0, 0.1) is 10.5 Å². The Labute approximate surface area is 192 Å². The largest absolute Gasteiger partial charge is 0.490 e. The quantitative estimate of drug-likeness (QED) is 0.329. The molecule has 0 bridgehead atoms. The minimum absolute atomic E-state index is 0.208. The molecule has 0 saturated carbocycles. The van der Waals surface area contributed by atoms with Gasteiger partial charge in [-0.05, 0) is 82.2 Å². The van der Waals surface area contributed by atoms with Crippen molar-refractivity contribution in [3.05, 3.63) is 85.4 Å². The molecule has 0 spiro atoms. The van der Waals surface area contributed by atoms with Gasteiger partial charge < -0.3 is 14.8 Å². The molecule has 0 atom stereocenters. The Hall–Kier alpha value is -2.06. The molecule has 1 amide bonds. The van der Waals surface area contributed by atoms with E-state index < -0.39 is 0 Å². The zero-order valence-corrected chi connectivity index (χ0v) is 19.9. The minimum Gasteiger partial charge on any atom is -0.490 e. The second kappa shape index (κ2) is 10.1. The van der Waals surface area contributed by atoms with Gasteiger partial charge in [0.25, 0.3) is 5.91 Å². The number of benzene rings is 3. The lowest BCUT2D eigenvalue weighted by molar-refractivity contribution is 0.102. The number of halogens is 2. The van der Waals surface area contributed by atoms with Crippen LogP contribution in [0.2, 0.25) is 0 Å². The molecule has 0 aliphatic carbocycles. The molecule has 3 rings (SSSR count). The van der Waals surface area contributed by atoms with Crippen LogP contribution in [0.4, 0.5) is 5.69 Å². The maximum absolute atomic E-state index is 12.8. The molecule has 0 aliphatic heterocycles. The molecule has 6 heteroatoms. The van der Waals surface area contributed by atoms with E-state index in [1.165, 1.54) is 5.56 Å². The third kappa shape index (κ3) is 5.73. The van der Waals surface area contributed by atoms with Gasteiger partial charge in [-0.25, -0.2) is 0 Å². The maximum Gasteiger partial charge on any atom is 0.255 e. The lowest BCUT2D eigenvalue weighted by Crippen LogP contribution is -2.13. The van der Waals surface area contributed by atoms with Crippen LogP contribution in [-0.4, -0.2) is 12.5 Å². The molecule has 1 N–H and O–H groups in total. The Bertz CT molecular complexity index is 1010. The number of amides is 1. The van der Waals surface area contributed by atoms with Gasteiger partial charge in [-0.15, -0.1) is 0 Å². The average molecular weight is 566 g/mol. The van der Waals surface area contributed by atoms with Gasteiger partial charge in [0.1, 0.15) is 6.61 Å². The number of hydrogen-bond donors (Lipinski definition) is 1. The predicted octanol–water partition coefficient (Wildman–Crippen LogP) is 6.59. The zero-order chi connectivity index (χ0) is 20.8. The van der Waals surface area contributed by atoms with Crippen molar-refractivity contribution in [1.29, 1.82) is 0 Å². The summed E-state index contributed by atoms with van der Waals surface area (Å²) in [5.74, 6) is 0.995. The average Bonchev–Trinajstić information content (AvgIpc) is 2.70. The molecule has 3 aromatic rings. The molecule has 3 aromatic carbocycles. The Morgan fingerprint density at radius 3 is 2.48 bits per heavy atom. The van der Waals surface area contributed by atoms with Crippen molar-refractivity contribution in [2.24, 2.45) is 0 Å². The number of carbonyl (C=O) groups excluding carboxylic acids is 1. The molecule has 0 fully saturated rings. The second-order valence-corrected chi connectivity index (χ2v) is 8.44. The number of nitrogens with one attached hydrogen (secondary N) is 1. The fourth-order valence-electron chi connectivity index (χ4n) is 2.70. The van der Waals surface area contributed by atoms with Crippen molar-refractivity contribution >= 4 is 50.1 Å². The third-order valence-electron chi connectivity index (χ3n) is 4.20. The van der Waals surface area contributed by atoms with Crippen LogP contribution in [0.1, 0.15) is 28.4 Å². The highest BCUT2D eigenvalue weighted by molar-refractivity contribution is 14.1. The lowest BCUT2D eigenvalue weighted by atomic mass is 10.1. The van der Waals surface area contributed by atoms with Crippen LogP contribution in [0.5, 0.6) is 11.5 Å². The normalized spacial score (nSPS) is 10.5. The topological polar surface area (TPSA) is 47.6 Å². The fraction of sp³-hybridized carbons (Fsp3) is 0.174. The number of ether oxygens (including phenoxy) is 2. The van der Waals surface area contributed by atoms with Gasteiger partial charge in [0, 0.05) is 10.0 Å². The highest BCUT2D eigenvalue weighted by Gasteiger charge is 2.17. The van der Waals surface area contributed by atoms with Gasteiger partial charge in [0.15, 0.2) is 11.5 Å². The van der Waals surface area contributed by atoms with E-state index in [-0.39, 0.29) is 5.91 Å². The van der Waals surface area contributed by atoms with Gasteiger partial charge >= 0.3 is 0 Å². The van der Waals surface area contributed by atoms with Crippen molar-refractivity contribution < 1.29 is 14.3 Å². The van der Waals surface area contributed by atoms with Gasteiger partial charge in [-0.2, -0.15) is 0 Å². The Morgan fingerprint density at radius 1 is 1.07 bits per heavy atom. The van der Waals surface area contributed by atoms with Crippen LogP contribution < -0.4 is 14.8 Å². The highest BCUT2D eigenvalue weighted by atomic mass is 127. The summed E-state index contributed by atoms with van der Waals surface area (Å²) >= 11 is 5.63. The molecule has 4 nitrogen and oxygen atoms in total. The van der Waals surface area contributed by atoms with E-state index in [4.69, 9.17) is 9.47 Å². The summed E-state index contributed by atoms with van der Waals surface area (Å²) in [7, 11) is 0. The Kier molecular flexibility index (Phi) is 7.55. The van der Waals surface area contributed by atoms with Crippen LogP contribution in [0.3, 0.4) is 0 Å². The van der Waals surface area contributed by atoms with E-state index in [9.17, 15) is 4.79 Å². The first kappa shape index (κ1) is 21.6. The smallest absolute Gasteiger partial charge is 0.255 e. The maximum atomic E-state index is 12.8. The minimum atomic E-state index is -0.208. The summed E-state index contributed by atoms with van der Waals surface area (Å²) in [5.41, 5.74) is 3.50. The van der Waals surface area contributed by atoms with Crippen LogP contribution in [0.15, 0.2) is 65.1 Å². The van der Waals surface area contributed by atoms with E-state index in [1.54, 1.807) is 12.1 Å². The number of rotatable bonds is 7. The molecule has 0 aliphatic rings. The predicted molar refractivity (Wildman–Crippen MR) is 128 cm³/mol. The summed E-state index contributed by atoms with van der Waals surface area (Å²) in [4.78, 5) is 12.8. The molecular formula is C23H21BrINO3. The van der Waals surface area contributed by atoms with Crippen molar-refractivity contribution in [1.82, 2.24) is 0 Å². The molecule has 150 valence electrons. The summed E-state index contributed by atoms with van der Waals surface area (Å²) in [6.45, 7) is 4.87. The molecule has 0 saturated heterocycles. The van der Waals surface area contributed by atoms with E-state index >= 15 is 0 Å². The molecule has 29 heavy (non-hydrogen) atoms. The van der Waals surface area contributed by atoms with Crippen molar-refractivity contribution in [3.8, 4) is 11.5 Å². The van der Waals surface area contributed by atoms with Gasteiger partial charge in [0.05, 0.1) is 15.9 Å². The molecule has 0 unspecified atom stereocenters. The lowest BCUT2D eigenvalue weighted by Gasteiger charge is -2.16. The fourth-order valence-corrected chi connectivity index (χ4v) is 3.84. The first-order valence-corrected chi connectivity index (χ1v) is 11.1. The van der Waals surface area contributed by atoms with Crippen LogP contribution in [0.25, 0.3) is 0 Å². The molecule has 0 radical (unpaired) electrons. The van der Waals surface area contributed by atoms with E-state index in [2.05, 4.69) is 62.9 Å². The standard InChI is InChI=1S/C23H21BrINO3/c1-3-28-21-13-17(23(27)26-20-7-5-4-6-18(20)24)12-19(25)22(21)29-14-16-10-8-15(2)9-11-16/h4-13H,3,14H2,1-2H3,(H,26,27). The third-order valence-corrected chi connectivity index (χ3v) is 5.69. The van der Waals surface area contributed by atoms with E-state index in [0.717, 1.165) is 13.6 Å². The SMILES string of the molecule is CCOc1cc(C(=O)Nc2ccccc2Br)cc(I)c1OCc1ccc(C)cc1. The molecular weight excluding hydrogens is 545 g/mol. The molecule has 0 heterocycles. The second-order valence-electron chi connectivity index (χ2n) is 6.43. The number of aryl methyl sites for hydroxylation is 1. The van der Waals surface area contributed by atoms with Crippen molar-refractivity contribution in [3.63, 3.8) is 0 Å². The zero-order valence-electron chi connectivity index (χ0n) is 16.2. The molecule has 0 aromatic heterocycles. The summed E-state index contributed by atoms with van der Waals surface area (Å²) in [5, 5.41) is 2.92. The number of hydrogen-bond acceptors (Lipinski definition) is 3. The Morgan fingerprint density at radius 2 is 1.79 bits per heavy atom. The van der Waals surface area contributed by atoms with Crippen LogP contribution in [-0.2, 0) is 6.61 Å². The number of anilines is 1. The van der Waals surface area contributed by atoms with Gasteiger partial charge in [0.2, 0.25) is 0 Å². The summed E-state index contributed by atoms with van der Waals surface area (Å²) in [6, 6.07) is 19.2. The number of carbonyl (C=O) groups is 1. The van der Waals surface area contributed by atoms with E-state index in [1.807, 2.05) is 43.3 Å². The van der Waals surface area contributed by atoms with Crippen molar-refractivity contribution in [2.45, 2.75) is 20.5 Å². The van der Waals surface area contributed by atoms with Crippen molar-refractivity contribution in [2.75, 3.05) is 11.9 Å². The number of para-hydroxylation sites is 1. The van der Waals surface area contributed by atoms with Crippen LogP contribution >= 0.6 is 38.5 Å². The summed E-state index contributed by atoms with van der Waals surface area (Å²) < 4.78 is 13.5. The first-order chi connectivity index (χ1) is 14.0. The first-order valence-electron chi connectivity index (χ1n) is 9.18. The monoisotopic (exact) mass is 565 g/mol. The van der Waals surface area contributed by atoms with Gasteiger partial charge in [-0.1, -0.05) is 42.0 Å². The summed E-state index contributed by atoms with van der Waals surface area (Å²) in [6.07, 6.45) is 0. The highest BCUT2D eigenvalue weighted by Crippen LogP contribution is 2.35. The van der Waals surface area contributed by atoms with Gasteiger partial charge in [-0.3, -0.25) is 4.79 Å². The Balaban J connectivity index is 1.82.